The van der Waals surface area contributed by atoms with E-state index in [4.69, 9.17) is 0 Å². The number of aliphatic imine (C=N–C) groups is 1. The van der Waals surface area contributed by atoms with Crippen molar-refractivity contribution < 1.29 is 0 Å². The monoisotopic (exact) mass is 116 g/mol. The Balaban J connectivity index is 2.28. The van der Waals surface area contributed by atoms with Crippen LogP contribution in [0.3, 0.4) is 0 Å². The van der Waals surface area contributed by atoms with Gasteiger partial charge in [0, 0.05) is 18.8 Å². The predicted molar refractivity (Wildman–Crippen MR) is 34.6 cm³/mol. The summed E-state index contributed by atoms with van der Waals surface area (Å²) in [6.07, 6.45) is 3.11. The summed E-state index contributed by atoms with van der Waals surface area (Å²) in [6, 6.07) is 0.519. The van der Waals surface area contributed by atoms with E-state index < -0.39 is 0 Å². The quantitative estimate of drug-likeness (QED) is 0.486. The van der Waals surface area contributed by atoms with E-state index in [1.807, 2.05) is 6.21 Å². The minimum atomic E-state index is 0.519. The van der Waals surface area contributed by atoms with Crippen LogP contribution in [0.1, 0.15) is 6.42 Å². The van der Waals surface area contributed by atoms with Crippen molar-refractivity contribution in [2.24, 2.45) is 4.99 Å². The molecule has 0 spiro atoms. The molecule has 1 N–H and O–H groups in total. The van der Waals surface area contributed by atoms with E-state index in [9.17, 15) is 0 Å². The van der Waals surface area contributed by atoms with Crippen LogP contribution in [0.2, 0.25) is 0 Å². The zero-order valence-corrected chi connectivity index (χ0v) is 5.25. The summed E-state index contributed by atoms with van der Waals surface area (Å²) >= 11 is 0. The Kier molecular flexibility index (Phi) is 1.77. The summed E-state index contributed by atoms with van der Waals surface area (Å²) in [5.41, 5.74) is 0. The van der Waals surface area contributed by atoms with Crippen molar-refractivity contribution in [1.29, 1.82) is 0 Å². The van der Waals surface area contributed by atoms with E-state index in [-0.39, 0.29) is 0 Å². The lowest BCUT2D eigenvalue weighted by Crippen LogP contribution is -2.17. The minimum Gasteiger partial charge on any atom is -0.296 e. The Labute approximate surface area is 45.7 Å². The Morgan fingerprint density at radius 1 is 1.86 bits per heavy atom. The van der Waals surface area contributed by atoms with Crippen LogP contribution in [-0.2, 0) is 0 Å². The third-order valence-corrected chi connectivity index (χ3v) is 1.50. The van der Waals surface area contributed by atoms with E-state index in [2.05, 4.69) is 19.5 Å². The molecule has 0 saturated carbocycles. The van der Waals surface area contributed by atoms with Gasteiger partial charge >= 0.3 is 0 Å². The molecule has 0 saturated heterocycles. The van der Waals surface area contributed by atoms with Crippen LogP contribution in [0.4, 0.5) is 0 Å². The molecule has 2 nitrogen and oxygen atoms in total. The van der Waals surface area contributed by atoms with Crippen LogP contribution < -0.4 is 5.09 Å². The lowest BCUT2D eigenvalue weighted by molar-refractivity contribution is 0.782. The van der Waals surface area contributed by atoms with Gasteiger partial charge in [-0.25, -0.2) is 0 Å². The smallest absolute Gasteiger partial charge is 0.0467 e. The van der Waals surface area contributed by atoms with Gasteiger partial charge in [-0.3, -0.25) is 10.1 Å². The highest BCUT2D eigenvalue weighted by atomic mass is 31.0. The highest BCUT2D eigenvalue weighted by Crippen LogP contribution is 1.98. The van der Waals surface area contributed by atoms with Gasteiger partial charge in [-0.2, -0.15) is 0 Å². The molecular weight excluding hydrogens is 107 g/mol. The maximum atomic E-state index is 4.03. The average molecular weight is 116 g/mol. The largest absolute Gasteiger partial charge is 0.296 e. The summed E-state index contributed by atoms with van der Waals surface area (Å²) in [6.45, 7) is 0.992. The standard InChI is InChI=1S/C4H9N2P/c7-6-4-1-2-5-3-4/h3-4,6H,1-2,7H2. The van der Waals surface area contributed by atoms with Gasteiger partial charge in [0.1, 0.15) is 0 Å². The van der Waals surface area contributed by atoms with Crippen molar-refractivity contribution in [3.63, 3.8) is 0 Å². The van der Waals surface area contributed by atoms with Crippen molar-refractivity contribution in [2.45, 2.75) is 12.5 Å². The van der Waals surface area contributed by atoms with Gasteiger partial charge in [-0.1, -0.05) is 9.39 Å². The molecule has 1 aliphatic rings. The van der Waals surface area contributed by atoms with E-state index >= 15 is 0 Å². The number of nitrogens with zero attached hydrogens (tertiary/aromatic N) is 1. The molecule has 2 unspecified atom stereocenters. The molecule has 1 aliphatic heterocycles. The first kappa shape index (κ1) is 5.20. The molecule has 0 fully saturated rings. The fraction of sp³-hybridized carbons (Fsp3) is 0.750. The molecule has 7 heavy (non-hydrogen) atoms. The van der Waals surface area contributed by atoms with Crippen LogP contribution >= 0.6 is 9.39 Å². The second kappa shape index (κ2) is 2.39. The van der Waals surface area contributed by atoms with E-state index in [0.29, 0.717) is 6.04 Å². The fourth-order valence-electron chi connectivity index (χ4n) is 0.616. The van der Waals surface area contributed by atoms with E-state index in [1.54, 1.807) is 0 Å². The first-order valence-corrected chi connectivity index (χ1v) is 2.97. The second-order valence-corrected chi connectivity index (χ2v) is 1.95. The topological polar surface area (TPSA) is 24.4 Å². The number of rotatable bonds is 1. The predicted octanol–water partition coefficient (Wildman–Crippen LogP) is 0.209. The highest BCUT2D eigenvalue weighted by Gasteiger charge is 2.04. The Bertz CT molecular complexity index is 81.8. The molecule has 40 valence electrons. The van der Waals surface area contributed by atoms with Crippen molar-refractivity contribution in [3.05, 3.63) is 0 Å². The van der Waals surface area contributed by atoms with Crippen LogP contribution in [0.25, 0.3) is 0 Å². The fourth-order valence-corrected chi connectivity index (χ4v) is 0.869. The first-order valence-electron chi connectivity index (χ1n) is 2.39. The third kappa shape index (κ3) is 1.22. The van der Waals surface area contributed by atoms with Gasteiger partial charge in [0.05, 0.1) is 0 Å². The molecule has 1 heterocycles. The molecule has 0 amide bonds. The summed E-state index contributed by atoms with van der Waals surface area (Å²) < 4.78 is 0. The molecule has 0 aromatic heterocycles. The summed E-state index contributed by atoms with van der Waals surface area (Å²) in [5.74, 6) is 0. The van der Waals surface area contributed by atoms with Crippen LogP contribution in [-0.4, -0.2) is 18.8 Å². The van der Waals surface area contributed by atoms with Crippen molar-refractivity contribution >= 4 is 15.6 Å². The Morgan fingerprint density at radius 2 is 2.71 bits per heavy atom. The molecule has 2 atom stereocenters. The molecule has 0 aromatic carbocycles. The minimum absolute atomic E-state index is 0.519. The third-order valence-electron chi connectivity index (χ3n) is 1.07. The van der Waals surface area contributed by atoms with Gasteiger partial charge in [0.25, 0.3) is 0 Å². The van der Waals surface area contributed by atoms with Crippen LogP contribution in [0, 0.1) is 0 Å². The van der Waals surface area contributed by atoms with Crippen LogP contribution in [0.15, 0.2) is 4.99 Å². The zero-order valence-electron chi connectivity index (χ0n) is 4.09. The summed E-state index contributed by atoms with van der Waals surface area (Å²) in [5, 5.41) is 3.03. The van der Waals surface area contributed by atoms with Crippen molar-refractivity contribution in [1.82, 2.24) is 5.09 Å². The lowest BCUT2D eigenvalue weighted by atomic mass is 10.3. The summed E-state index contributed by atoms with van der Waals surface area (Å²) in [4.78, 5) is 4.03. The molecule has 0 bridgehead atoms. The maximum absolute atomic E-state index is 4.03. The van der Waals surface area contributed by atoms with Gasteiger partial charge in [-0.15, -0.1) is 0 Å². The van der Waals surface area contributed by atoms with Gasteiger partial charge in [0.15, 0.2) is 0 Å². The maximum Gasteiger partial charge on any atom is 0.0467 e. The van der Waals surface area contributed by atoms with Crippen molar-refractivity contribution in [3.8, 4) is 0 Å². The molecule has 0 aliphatic carbocycles. The van der Waals surface area contributed by atoms with E-state index in [1.165, 1.54) is 0 Å². The van der Waals surface area contributed by atoms with E-state index in [0.717, 1.165) is 13.0 Å². The Hall–Kier alpha value is 0.0600. The molecular formula is C4H9N2P. The zero-order chi connectivity index (χ0) is 5.11. The molecule has 0 aromatic rings. The van der Waals surface area contributed by atoms with Crippen molar-refractivity contribution in [2.75, 3.05) is 6.54 Å². The molecule has 0 radical (unpaired) electrons. The summed E-state index contributed by atoms with van der Waals surface area (Å²) in [7, 11) is 2.48. The Morgan fingerprint density at radius 3 is 3.00 bits per heavy atom. The van der Waals surface area contributed by atoms with Gasteiger partial charge < -0.3 is 0 Å². The first-order chi connectivity index (χ1) is 3.43. The molecule has 1 rings (SSSR count). The second-order valence-electron chi connectivity index (χ2n) is 1.62. The average Bonchev–Trinajstić information content (AvgIpc) is 2.14. The van der Waals surface area contributed by atoms with Crippen LogP contribution in [0.5, 0.6) is 0 Å². The number of hydrogen-bond acceptors (Lipinski definition) is 2. The normalized spacial score (nSPS) is 29.0. The number of nitrogens with one attached hydrogen (secondary N) is 1. The van der Waals surface area contributed by atoms with Gasteiger partial charge in [0.2, 0.25) is 0 Å². The number of hydrogen-bond donors (Lipinski definition) is 1. The SMILES string of the molecule is PNC1C=NCC1. The van der Waals surface area contributed by atoms with Gasteiger partial charge in [-0.05, 0) is 6.42 Å². The lowest BCUT2D eigenvalue weighted by Gasteiger charge is -1.98. The highest BCUT2D eigenvalue weighted by molar-refractivity contribution is 7.13. The molecule has 3 heteroatoms.